The quantitative estimate of drug-likeness (QED) is 0.384. The zero-order chi connectivity index (χ0) is 24.7. The van der Waals surface area contributed by atoms with E-state index >= 15 is 0 Å². The molecule has 0 radical (unpaired) electrons. The third-order valence-electron chi connectivity index (χ3n) is 5.28. The van der Waals surface area contributed by atoms with Crippen molar-refractivity contribution in [3.63, 3.8) is 0 Å². The highest BCUT2D eigenvalue weighted by Gasteiger charge is 2.17. The molecule has 176 valence electrons. The molecule has 0 bridgehead atoms. The van der Waals surface area contributed by atoms with Gasteiger partial charge in [0.2, 0.25) is 0 Å². The predicted molar refractivity (Wildman–Crippen MR) is 131 cm³/mol. The van der Waals surface area contributed by atoms with Gasteiger partial charge in [0.15, 0.2) is 11.5 Å². The van der Waals surface area contributed by atoms with Crippen molar-refractivity contribution in [3.8, 4) is 17.2 Å². The number of amides is 2. The number of hydrogen-bond acceptors (Lipinski definition) is 6. The lowest BCUT2D eigenvalue weighted by molar-refractivity contribution is 0.0955. The van der Waals surface area contributed by atoms with Crippen LogP contribution in [0.15, 0.2) is 59.7 Å². The van der Waals surface area contributed by atoms with Crippen LogP contribution in [-0.4, -0.2) is 39.4 Å². The van der Waals surface area contributed by atoms with Crippen LogP contribution in [0.4, 0.5) is 5.69 Å². The lowest BCUT2D eigenvalue weighted by Crippen LogP contribution is -2.21. The number of carbonyl (C=O) groups is 2. The van der Waals surface area contributed by atoms with E-state index in [1.54, 1.807) is 36.5 Å². The number of nitrogens with zero attached hydrogens (tertiary/aromatic N) is 1. The van der Waals surface area contributed by atoms with Crippen molar-refractivity contribution in [2.45, 2.75) is 13.8 Å². The minimum atomic E-state index is -0.499. The van der Waals surface area contributed by atoms with Crippen LogP contribution >= 0.6 is 0 Å². The molecule has 0 unspecified atom stereocenters. The van der Waals surface area contributed by atoms with Crippen LogP contribution in [-0.2, 0) is 0 Å². The molecule has 0 aliphatic rings. The standard InChI is InChI=1S/C26H27N3O5/c1-16-6-7-18(12-17(16)2)15-27-29-26(31)21-14-20(32-3)9-10-22(21)28-25(30)19-8-11-23(33-4)24(13-19)34-5/h6-15H,1-5H3,(H,28,30)(H,29,31). The Kier molecular flexibility index (Phi) is 7.87. The average Bonchev–Trinajstić information content (AvgIpc) is 2.85. The van der Waals surface area contributed by atoms with Crippen molar-refractivity contribution >= 4 is 23.7 Å². The van der Waals surface area contributed by atoms with Crippen LogP contribution in [0.2, 0.25) is 0 Å². The van der Waals surface area contributed by atoms with E-state index in [0.717, 1.165) is 11.1 Å². The van der Waals surface area contributed by atoms with Crippen LogP contribution in [0.25, 0.3) is 0 Å². The SMILES string of the molecule is COc1ccc(NC(=O)c2ccc(OC)c(OC)c2)c(C(=O)NN=Cc2ccc(C)c(C)c2)c1. The molecular formula is C26H27N3O5. The first kappa shape index (κ1) is 24.3. The Bertz CT molecular complexity index is 1240. The highest BCUT2D eigenvalue weighted by Crippen LogP contribution is 2.28. The molecule has 0 aliphatic carbocycles. The van der Waals surface area contributed by atoms with Gasteiger partial charge in [-0.3, -0.25) is 9.59 Å². The summed E-state index contributed by atoms with van der Waals surface area (Å²) in [5, 5.41) is 6.82. The molecule has 0 fully saturated rings. The zero-order valence-corrected chi connectivity index (χ0v) is 19.8. The van der Waals surface area contributed by atoms with Crippen molar-refractivity contribution in [1.29, 1.82) is 0 Å². The van der Waals surface area contributed by atoms with Gasteiger partial charge in [0.05, 0.1) is 38.8 Å². The lowest BCUT2D eigenvalue weighted by atomic mass is 10.1. The molecule has 34 heavy (non-hydrogen) atoms. The van der Waals surface area contributed by atoms with E-state index < -0.39 is 11.8 Å². The summed E-state index contributed by atoms with van der Waals surface area (Å²) in [5.74, 6) is 0.474. The van der Waals surface area contributed by atoms with Crippen molar-refractivity contribution in [2.75, 3.05) is 26.6 Å². The van der Waals surface area contributed by atoms with Crippen LogP contribution in [0.5, 0.6) is 17.2 Å². The minimum absolute atomic E-state index is 0.199. The molecule has 2 amide bonds. The largest absolute Gasteiger partial charge is 0.497 e. The van der Waals surface area contributed by atoms with Gasteiger partial charge in [-0.15, -0.1) is 0 Å². The molecule has 0 spiro atoms. The minimum Gasteiger partial charge on any atom is -0.497 e. The Morgan fingerprint density at radius 2 is 1.56 bits per heavy atom. The van der Waals surface area contributed by atoms with Gasteiger partial charge < -0.3 is 19.5 Å². The number of methoxy groups -OCH3 is 3. The zero-order valence-electron chi connectivity index (χ0n) is 19.8. The highest BCUT2D eigenvalue weighted by molar-refractivity contribution is 6.09. The van der Waals surface area contributed by atoms with Gasteiger partial charge in [0, 0.05) is 5.56 Å². The molecule has 3 aromatic rings. The van der Waals surface area contributed by atoms with Gasteiger partial charge in [0.25, 0.3) is 11.8 Å². The average molecular weight is 462 g/mol. The molecule has 0 aliphatic heterocycles. The smallest absolute Gasteiger partial charge is 0.273 e. The van der Waals surface area contributed by atoms with Gasteiger partial charge >= 0.3 is 0 Å². The maximum absolute atomic E-state index is 12.9. The van der Waals surface area contributed by atoms with Gasteiger partial charge in [-0.25, -0.2) is 5.43 Å². The van der Waals surface area contributed by atoms with Gasteiger partial charge in [-0.05, 0) is 66.9 Å². The van der Waals surface area contributed by atoms with E-state index in [0.29, 0.717) is 28.5 Å². The molecule has 8 heteroatoms. The maximum Gasteiger partial charge on any atom is 0.273 e. The Balaban J connectivity index is 1.81. The second kappa shape index (κ2) is 11.0. The number of rotatable bonds is 8. The van der Waals surface area contributed by atoms with Crippen molar-refractivity contribution in [3.05, 3.63) is 82.4 Å². The Morgan fingerprint density at radius 1 is 0.794 bits per heavy atom. The first-order valence-electron chi connectivity index (χ1n) is 10.5. The number of nitrogens with one attached hydrogen (secondary N) is 2. The first-order valence-corrected chi connectivity index (χ1v) is 10.5. The van der Waals surface area contributed by atoms with Crippen molar-refractivity contribution in [2.24, 2.45) is 5.10 Å². The lowest BCUT2D eigenvalue weighted by Gasteiger charge is -2.13. The van der Waals surface area contributed by atoms with E-state index in [1.807, 2.05) is 32.0 Å². The van der Waals surface area contributed by atoms with E-state index in [9.17, 15) is 9.59 Å². The third-order valence-corrected chi connectivity index (χ3v) is 5.28. The van der Waals surface area contributed by atoms with Crippen molar-refractivity contribution < 1.29 is 23.8 Å². The normalized spacial score (nSPS) is 10.6. The number of ether oxygens (including phenoxy) is 3. The fraction of sp³-hybridized carbons (Fsp3) is 0.192. The topological polar surface area (TPSA) is 98.3 Å². The molecule has 0 saturated heterocycles. The number of benzene rings is 3. The van der Waals surface area contributed by atoms with Crippen molar-refractivity contribution in [1.82, 2.24) is 5.43 Å². The van der Waals surface area contributed by atoms with Crippen LogP contribution in [0, 0.1) is 13.8 Å². The van der Waals surface area contributed by atoms with Gasteiger partial charge in [0.1, 0.15) is 5.75 Å². The van der Waals surface area contributed by atoms with Crippen LogP contribution < -0.4 is 25.0 Å². The Morgan fingerprint density at radius 3 is 2.24 bits per heavy atom. The van der Waals surface area contributed by atoms with Crippen LogP contribution in [0.3, 0.4) is 0 Å². The fourth-order valence-electron chi connectivity index (χ4n) is 3.19. The van der Waals surface area contributed by atoms with E-state index in [2.05, 4.69) is 15.8 Å². The summed E-state index contributed by atoms with van der Waals surface area (Å²) in [6.07, 6.45) is 1.56. The summed E-state index contributed by atoms with van der Waals surface area (Å²) >= 11 is 0. The molecule has 8 nitrogen and oxygen atoms in total. The maximum atomic E-state index is 12.9. The van der Waals surface area contributed by atoms with Crippen LogP contribution in [0.1, 0.15) is 37.4 Å². The van der Waals surface area contributed by atoms with E-state index in [-0.39, 0.29) is 5.56 Å². The molecule has 3 aromatic carbocycles. The summed E-state index contributed by atoms with van der Waals surface area (Å²) in [5.41, 5.74) is 6.51. The van der Waals surface area contributed by atoms with E-state index in [4.69, 9.17) is 14.2 Å². The summed E-state index contributed by atoms with van der Waals surface area (Å²) in [7, 11) is 4.50. The molecule has 0 saturated carbocycles. The van der Waals surface area contributed by atoms with Gasteiger partial charge in [-0.1, -0.05) is 18.2 Å². The van der Waals surface area contributed by atoms with Gasteiger partial charge in [-0.2, -0.15) is 5.10 Å². The number of hydrazone groups is 1. The molecular weight excluding hydrogens is 434 g/mol. The highest BCUT2D eigenvalue weighted by atomic mass is 16.5. The number of aryl methyl sites for hydroxylation is 2. The first-order chi connectivity index (χ1) is 16.4. The van der Waals surface area contributed by atoms with E-state index in [1.165, 1.54) is 33.0 Å². The predicted octanol–water partition coefficient (Wildman–Crippen LogP) is 4.35. The fourth-order valence-corrected chi connectivity index (χ4v) is 3.19. The summed E-state index contributed by atoms with van der Waals surface area (Å²) in [6, 6.07) is 15.5. The molecule has 3 rings (SSSR count). The molecule has 0 heterocycles. The number of hydrogen-bond donors (Lipinski definition) is 2. The summed E-state index contributed by atoms with van der Waals surface area (Å²) < 4.78 is 15.7. The number of carbonyl (C=O) groups excluding carboxylic acids is 2. The molecule has 0 aromatic heterocycles. The monoisotopic (exact) mass is 461 g/mol. The summed E-state index contributed by atoms with van der Waals surface area (Å²) in [6.45, 7) is 4.04. The summed E-state index contributed by atoms with van der Waals surface area (Å²) in [4.78, 5) is 25.7. The third kappa shape index (κ3) is 5.72. The molecule has 0 atom stereocenters. The molecule has 2 N–H and O–H groups in total. The Labute approximate surface area is 198 Å². The second-order valence-electron chi connectivity index (χ2n) is 7.48. The second-order valence-corrected chi connectivity index (χ2v) is 7.48. The Hall–Kier alpha value is -4.33. The number of anilines is 1.